The van der Waals surface area contributed by atoms with Gasteiger partial charge in [-0.3, -0.25) is 9.78 Å². The van der Waals surface area contributed by atoms with E-state index >= 15 is 0 Å². The number of hydrogen-bond donors (Lipinski definition) is 3. The van der Waals surface area contributed by atoms with E-state index in [1.807, 2.05) is 12.1 Å². The second-order valence-electron chi connectivity index (χ2n) is 4.43. The Morgan fingerprint density at radius 2 is 1.86 bits per heavy atom. The van der Waals surface area contributed by atoms with Gasteiger partial charge in [0.1, 0.15) is 0 Å². The molecule has 6 heteroatoms. The van der Waals surface area contributed by atoms with Crippen molar-refractivity contribution in [3.8, 4) is 0 Å². The molecule has 0 atom stereocenters. The molecule has 0 bridgehead atoms. The number of aromatic nitrogens is 1. The number of anilines is 2. The molecule has 0 aliphatic heterocycles. The zero-order valence-corrected chi connectivity index (χ0v) is 11.6. The van der Waals surface area contributed by atoms with Gasteiger partial charge in [0.15, 0.2) is 0 Å². The van der Waals surface area contributed by atoms with Crippen molar-refractivity contribution in [2.45, 2.75) is 13.5 Å². The smallest absolute Gasteiger partial charge is 0.319 e. The van der Waals surface area contributed by atoms with Gasteiger partial charge in [0, 0.05) is 37.2 Å². The van der Waals surface area contributed by atoms with E-state index in [2.05, 4.69) is 20.9 Å². The third-order valence-electron chi connectivity index (χ3n) is 2.62. The number of nitrogens with one attached hydrogen (secondary N) is 3. The molecular weight excluding hydrogens is 268 g/mol. The van der Waals surface area contributed by atoms with E-state index in [-0.39, 0.29) is 11.9 Å². The molecule has 0 aliphatic rings. The Labute approximate surface area is 122 Å². The van der Waals surface area contributed by atoms with Gasteiger partial charge in [-0.1, -0.05) is 12.1 Å². The summed E-state index contributed by atoms with van der Waals surface area (Å²) in [6, 6.07) is 10.3. The lowest BCUT2D eigenvalue weighted by molar-refractivity contribution is -0.114. The molecule has 0 aliphatic carbocycles. The van der Waals surface area contributed by atoms with Crippen molar-refractivity contribution in [1.29, 1.82) is 0 Å². The number of carbonyl (C=O) groups excluding carboxylic acids is 2. The Bertz CT molecular complexity index is 629. The standard InChI is InChI=1S/C15H16N4O2/c1-11(20)18-13-5-2-6-14(8-13)19-15(21)17-10-12-4-3-7-16-9-12/h2-9H,10H2,1H3,(H,18,20)(H2,17,19,21). The molecule has 0 spiro atoms. The maximum absolute atomic E-state index is 11.8. The van der Waals surface area contributed by atoms with Crippen molar-refractivity contribution in [3.05, 3.63) is 54.4 Å². The number of benzene rings is 1. The summed E-state index contributed by atoms with van der Waals surface area (Å²) in [6.45, 7) is 1.83. The Morgan fingerprint density at radius 3 is 2.52 bits per heavy atom. The van der Waals surface area contributed by atoms with E-state index < -0.39 is 0 Å². The fraction of sp³-hybridized carbons (Fsp3) is 0.133. The van der Waals surface area contributed by atoms with Crippen LogP contribution in [-0.2, 0) is 11.3 Å². The molecule has 108 valence electrons. The van der Waals surface area contributed by atoms with Crippen molar-refractivity contribution in [3.63, 3.8) is 0 Å². The molecule has 1 heterocycles. The van der Waals surface area contributed by atoms with Gasteiger partial charge in [0.2, 0.25) is 5.91 Å². The summed E-state index contributed by atoms with van der Waals surface area (Å²) in [5.74, 6) is -0.159. The topological polar surface area (TPSA) is 83.1 Å². The van der Waals surface area contributed by atoms with E-state index in [0.29, 0.717) is 17.9 Å². The molecule has 0 fully saturated rings. The van der Waals surface area contributed by atoms with Gasteiger partial charge in [0.05, 0.1) is 0 Å². The molecule has 2 rings (SSSR count). The Hall–Kier alpha value is -2.89. The SMILES string of the molecule is CC(=O)Nc1cccc(NC(=O)NCc2cccnc2)c1. The van der Waals surface area contributed by atoms with Crippen LogP contribution in [0.2, 0.25) is 0 Å². The average molecular weight is 284 g/mol. The Morgan fingerprint density at radius 1 is 1.10 bits per heavy atom. The van der Waals surface area contributed by atoms with Crippen LogP contribution in [0.15, 0.2) is 48.8 Å². The maximum Gasteiger partial charge on any atom is 0.319 e. The number of urea groups is 1. The number of pyridine rings is 1. The maximum atomic E-state index is 11.8. The highest BCUT2D eigenvalue weighted by atomic mass is 16.2. The summed E-state index contributed by atoms with van der Waals surface area (Å²) in [5.41, 5.74) is 2.15. The van der Waals surface area contributed by atoms with Crippen molar-refractivity contribution in [2.24, 2.45) is 0 Å². The van der Waals surface area contributed by atoms with Crippen molar-refractivity contribution >= 4 is 23.3 Å². The molecule has 0 saturated carbocycles. The van der Waals surface area contributed by atoms with Crippen molar-refractivity contribution in [1.82, 2.24) is 10.3 Å². The van der Waals surface area contributed by atoms with Gasteiger partial charge < -0.3 is 16.0 Å². The van der Waals surface area contributed by atoms with Gasteiger partial charge in [-0.2, -0.15) is 0 Å². The highest BCUT2D eigenvalue weighted by Crippen LogP contribution is 2.14. The first kappa shape index (κ1) is 14.5. The molecule has 0 radical (unpaired) electrons. The molecule has 21 heavy (non-hydrogen) atoms. The lowest BCUT2D eigenvalue weighted by atomic mass is 10.2. The van der Waals surface area contributed by atoms with Crippen LogP contribution in [0.1, 0.15) is 12.5 Å². The van der Waals surface area contributed by atoms with E-state index in [4.69, 9.17) is 0 Å². The molecule has 0 unspecified atom stereocenters. The minimum atomic E-state index is -0.321. The molecule has 0 saturated heterocycles. The third kappa shape index (κ3) is 4.94. The van der Waals surface area contributed by atoms with Gasteiger partial charge in [-0.15, -0.1) is 0 Å². The van der Waals surface area contributed by atoms with Gasteiger partial charge >= 0.3 is 6.03 Å². The van der Waals surface area contributed by atoms with E-state index in [9.17, 15) is 9.59 Å². The van der Waals surface area contributed by atoms with Crippen LogP contribution >= 0.6 is 0 Å². The van der Waals surface area contributed by atoms with Crippen LogP contribution in [0.5, 0.6) is 0 Å². The minimum Gasteiger partial charge on any atom is -0.334 e. The number of amides is 3. The second-order valence-corrected chi connectivity index (χ2v) is 4.43. The summed E-state index contributed by atoms with van der Waals surface area (Å²) in [4.78, 5) is 26.8. The predicted octanol–water partition coefficient (Wildman–Crippen LogP) is 2.36. The molecule has 3 N–H and O–H groups in total. The predicted molar refractivity (Wildman–Crippen MR) is 80.8 cm³/mol. The Kier molecular flexibility index (Phi) is 4.87. The number of rotatable bonds is 4. The van der Waals surface area contributed by atoms with Crippen molar-refractivity contribution in [2.75, 3.05) is 10.6 Å². The zero-order valence-electron chi connectivity index (χ0n) is 11.6. The van der Waals surface area contributed by atoms with E-state index in [0.717, 1.165) is 5.56 Å². The van der Waals surface area contributed by atoms with Crippen LogP contribution < -0.4 is 16.0 Å². The number of carbonyl (C=O) groups is 2. The summed E-state index contributed by atoms with van der Waals surface area (Å²) in [6.07, 6.45) is 3.37. The summed E-state index contributed by atoms with van der Waals surface area (Å²) < 4.78 is 0. The monoisotopic (exact) mass is 284 g/mol. The first-order valence-electron chi connectivity index (χ1n) is 6.45. The van der Waals surface area contributed by atoms with Crippen LogP contribution in [0.3, 0.4) is 0 Å². The first-order chi connectivity index (χ1) is 10.1. The molecule has 2 aromatic rings. The highest BCUT2D eigenvalue weighted by molar-refractivity contribution is 5.92. The highest BCUT2D eigenvalue weighted by Gasteiger charge is 2.03. The largest absolute Gasteiger partial charge is 0.334 e. The lowest BCUT2D eigenvalue weighted by Crippen LogP contribution is -2.28. The number of hydrogen-bond acceptors (Lipinski definition) is 3. The van der Waals surface area contributed by atoms with Crippen LogP contribution in [0, 0.1) is 0 Å². The zero-order chi connectivity index (χ0) is 15.1. The molecular formula is C15H16N4O2. The Balaban J connectivity index is 1.89. The van der Waals surface area contributed by atoms with Crippen molar-refractivity contribution < 1.29 is 9.59 Å². The minimum absolute atomic E-state index is 0.159. The second kappa shape index (κ2) is 7.04. The summed E-state index contributed by atoms with van der Waals surface area (Å²) in [5, 5.41) is 8.09. The van der Waals surface area contributed by atoms with Gasteiger partial charge in [-0.05, 0) is 29.8 Å². The lowest BCUT2D eigenvalue weighted by Gasteiger charge is -2.09. The normalized spacial score (nSPS) is 9.76. The summed E-state index contributed by atoms with van der Waals surface area (Å²) in [7, 11) is 0. The van der Waals surface area contributed by atoms with Crippen LogP contribution in [0.25, 0.3) is 0 Å². The average Bonchev–Trinajstić information content (AvgIpc) is 2.46. The fourth-order valence-electron chi connectivity index (χ4n) is 1.74. The van der Waals surface area contributed by atoms with E-state index in [1.54, 1.807) is 36.7 Å². The van der Waals surface area contributed by atoms with Crippen LogP contribution in [0.4, 0.5) is 16.2 Å². The van der Waals surface area contributed by atoms with Gasteiger partial charge in [0.25, 0.3) is 0 Å². The van der Waals surface area contributed by atoms with E-state index in [1.165, 1.54) is 6.92 Å². The molecule has 1 aromatic heterocycles. The first-order valence-corrected chi connectivity index (χ1v) is 6.45. The van der Waals surface area contributed by atoms with Gasteiger partial charge in [-0.25, -0.2) is 4.79 Å². The fourth-order valence-corrected chi connectivity index (χ4v) is 1.74. The molecule has 3 amide bonds. The summed E-state index contributed by atoms with van der Waals surface area (Å²) >= 11 is 0. The molecule has 1 aromatic carbocycles. The molecule has 6 nitrogen and oxygen atoms in total. The number of nitrogens with zero attached hydrogens (tertiary/aromatic N) is 1. The van der Waals surface area contributed by atoms with Crippen LogP contribution in [-0.4, -0.2) is 16.9 Å². The quantitative estimate of drug-likeness (QED) is 0.806. The third-order valence-corrected chi connectivity index (χ3v) is 2.62.